The molecule has 1 rings (SSSR count). The molecule has 0 radical (unpaired) electrons. The van der Waals surface area contributed by atoms with Crippen LogP contribution in [0.4, 0.5) is 0 Å². The Kier molecular flexibility index (Phi) is 5.69. The molecule has 0 aliphatic heterocycles. The van der Waals surface area contributed by atoms with Gasteiger partial charge in [0.05, 0.1) is 6.10 Å². The first kappa shape index (κ1) is 13.7. The first-order valence-corrected chi connectivity index (χ1v) is 5.96. The van der Waals surface area contributed by atoms with Crippen LogP contribution >= 0.6 is 0 Å². The van der Waals surface area contributed by atoms with Crippen LogP contribution in [0.15, 0.2) is 12.3 Å². The molecule has 0 spiro atoms. The molecule has 0 aromatic carbocycles. The Bertz CT molecular complexity index is 347. The number of nitrogens with one attached hydrogen (secondary N) is 1. The number of ether oxygens (including phenoxy) is 1. The zero-order chi connectivity index (χ0) is 12.7. The molecule has 1 heterocycles. The van der Waals surface area contributed by atoms with Gasteiger partial charge in [0.25, 0.3) is 0 Å². The summed E-state index contributed by atoms with van der Waals surface area (Å²) in [5.74, 6) is -0.0126. The van der Waals surface area contributed by atoms with Crippen LogP contribution in [0.1, 0.15) is 26.0 Å². The Labute approximate surface area is 102 Å². The minimum Gasteiger partial charge on any atom is -0.379 e. The van der Waals surface area contributed by atoms with Gasteiger partial charge in [-0.1, -0.05) is 0 Å². The van der Waals surface area contributed by atoms with Crippen molar-refractivity contribution in [2.24, 2.45) is 0 Å². The third-order valence-corrected chi connectivity index (χ3v) is 2.32. The van der Waals surface area contributed by atoms with Gasteiger partial charge in [-0.3, -0.25) is 9.48 Å². The van der Waals surface area contributed by atoms with E-state index in [0.717, 1.165) is 12.1 Å². The van der Waals surface area contributed by atoms with Crippen molar-refractivity contribution < 1.29 is 9.53 Å². The molecule has 0 aliphatic carbocycles. The number of carbonyl (C=O) groups is 1. The number of rotatable bonds is 7. The molecule has 17 heavy (non-hydrogen) atoms. The van der Waals surface area contributed by atoms with E-state index in [1.165, 1.54) is 0 Å². The molecule has 0 saturated carbocycles. The van der Waals surface area contributed by atoms with E-state index in [1.807, 2.05) is 26.8 Å². The van der Waals surface area contributed by atoms with Crippen molar-refractivity contribution in [1.29, 1.82) is 0 Å². The number of hydrogen-bond acceptors (Lipinski definition) is 3. The molecule has 96 valence electrons. The van der Waals surface area contributed by atoms with E-state index in [2.05, 4.69) is 10.4 Å². The van der Waals surface area contributed by atoms with Crippen LogP contribution in [0, 0.1) is 6.92 Å². The highest BCUT2D eigenvalue weighted by atomic mass is 16.5. The predicted molar refractivity (Wildman–Crippen MR) is 65.7 cm³/mol. The maximum absolute atomic E-state index is 11.5. The van der Waals surface area contributed by atoms with E-state index in [-0.39, 0.29) is 18.6 Å². The van der Waals surface area contributed by atoms with E-state index in [0.29, 0.717) is 13.2 Å². The van der Waals surface area contributed by atoms with E-state index in [9.17, 15) is 4.79 Å². The van der Waals surface area contributed by atoms with Gasteiger partial charge in [-0.05, 0) is 33.3 Å². The lowest BCUT2D eigenvalue weighted by molar-refractivity contribution is -0.121. The molecule has 0 atom stereocenters. The second kappa shape index (κ2) is 7.06. The Morgan fingerprint density at radius 2 is 2.35 bits per heavy atom. The average Bonchev–Trinajstić information content (AvgIpc) is 2.63. The summed E-state index contributed by atoms with van der Waals surface area (Å²) in [7, 11) is 0. The standard InChI is InChI=1S/C12H21N3O2/c1-10(2)17-8-4-6-13-12(16)9-15-11(3)5-7-14-15/h5,7,10H,4,6,8-9H2,1-3H3,(H,13,16). The fraction of sp³-hybridized carbons (Fsp3) is 0.667. The van der Waals surface area contributed by atoms with Crippen molar-refractivity contribution in [1.82, 2.24) is 15.1 Å². The monoisotopic (exact) mass is 239 g/mol. The van der Waals surface area contributed by atoms with Gasteiger partial charge in [-0.2, -0.15) is 5.10 Å². The molecule has 1 aromatic heterocycles. The molecule has 1 amide bonds. The van der Waals surface area contributed by atoms with Gasteiger partial charge in [-0.25, -0.2) is 0 Å². The van der Waals surface area contributed by atoms with Crippen LogP contribution < -0.4 is 5.32 Å². The molecule has 0 bridgehead atoms. The molecular formula is C12H21N3O2. The van der Waals surface area contributed by atoms with Gasteiger partial charge < -0.3 is 10.1 Å². The zero-order valence-electron chi connectivity index (χ0n) is 10.8. The predicted octanol–water partition coefficient (Wildman–Crippen LogP) is 1.12. The first-order chi connectivity index (χ1) is 8.09. The van der Waals surface area contributed by atoms with Crippen molar-refractivity contribution in [3.8, 4) is 0 Å². The Morgan fingerprint density at radius 1 is 1.59 bits per heavy atom. The molecule has 0 unspecified atom stereocenters. The molecular weight excluding hydrogens is 218 g/mol. The topological polar surface area (TPSA) is 56.2 Å². The maximum Gasteiger partial charge on any atom is 0.241 e. The quantitative estimate of drug-likeness (QED) is 0.725. The highest BCUT2D eigenvalue weighted by molar-refractivity contribution is 5.75. The number of amides is 1. The number of aryl methyl sites for hydroxylation is 1. The summed E-state index contributed by atoms with van der Waals surface area (Å²) in [5, 5.41) is 6.90. The Hall–Kier alpha value is -1.36. The normalized spacial score (nSPS) is 10.8. The summed E-state index contributed by atoms with van der Waals surface area (Å²) < 4.78 is 7.06. The largest absolute Gasteiger partial charge is 0.379 e. The third kappa shape index (κ3) is 5.49. The summed E-state index contributed by atoms with van der Waals surface area (Å²) in [5.41, 5.74) is 0.989. The summed E-state index contributed by atoms with van der Waals surface area (Å²) in [6, 6.07) is 1.88. The summed E-state index contributed by atoms with van der Waals surface area (Å²) in [4.78, 5) is 11.5. The van der Waals surface area contributed by atoms with E-state index < -0.39 is 0 Å². The second-order valence-corrected chi connectivity index (χ2v) is 4.25. The highest BCUT2D eigenvalue weighted by Gasteiger charge is 2.04. The van der Waals surface area contributed by atoms with Gasteiger partial charge in [0.1, 0.15) is 6.54 Å². The number of aromatic nitrogens is 2. The Balaban J connectivity index is 2.12. The highest BCUT2D eigenvalue weighted by Crippen LogP contribution is 1.95. The minimum absolute atomic E-state index is 0.0126. The van der Waals surface area contributed by atoms with Crippen molar-refractivity contribution in [3.05, 3.63) is 18.0 Å². The number of carbonyl (C=O) groups excluding carboxylic acids is 1. The average molecular weight is 239 g/mol. The SMILES string of the molecule is Cc1ccnn1CC(=O)NCCCOC(C)C. The van der Waals surface area contributed by atoms with Crippen LogP contribution in [0.2, 0.25) is 0 Å². The smallest absolute Gasteiger partial charge is 0.241 e. The molecule has 5 nitrogen and oxygen atoms in total. The maximum atomic E-state index is 11.5. The van der Waals surface area contributed by atoms with Crippen molar-refractivity contribution in [2.45, 2.75) is 39.8 Å². The molecule has 0 aliphatic rings. The van der Waals surface area contributed by atoms with E-state index in [1.54, 1.807) is 10.9 Å². The lowest BCUT2D eigenvalue weighted by atomic mass is 10.4. The molecule has 0 saturated heterocycles. The van der Waals surface area contributed by atoms with Crippen LogP contribution in [0.3, 0.4) is 0 Å². The van der Waals surface area contributed by atoms with Crippen LogP contribution in [-0.2, 0) is 16.1 Å². The van der Waals surface area contributed by atoms with E-state index >= 15 is 0 Å². The van der Waals surface area contributed by atoms with Gasteiger partial charge in [-0.15, -0.1) is 0 Å². The number of nitrogens with zero attached hydrogens (tertiary/aromatic N) is 2. The Morgan fingerprint density at radius 3 is 2.94 bits per heavy atom. The minimum atomic E-state index is -0.0126. The van der Waals surface area contributed by atoms with Crippen LogP contribution in [0.25, 0.3) is 0 Å². The second-order valence-electron chi connectivity index (χ2n) is 4.25. The summed E-state index contributed by atoms with van der Waals surface area (Å²) >= 11 is 0. The van der Waals surface area contributed by atoms with E-state index in [4.69, 9.17) is 4.74 Å². The van der Waals surface area contributed by atoms with Gasteiger partial charge >= 0.3 is 0 Å². The van der Waals surface area contributed by atoms with Gasteiger partial charge in [0.15, 0.2) is 0 Å². The fourth-order valence-electron chi connectivity index (χ4n) is 1.38. The van der Waals surface area contributed by atoms with Crippen LogP contribution in [-0.4, -0.2) is 34.9 Å². The van der Waals surface area contributed by atoms with Gasteiger partial charge in [0, 0.05) is 25.0 Å². The van der Waals surface area contributed by atoms with Crippen molar-refractivity contribution >= 4 is 5.91 Å². The first-order valence-electron chi connectivity index (χ1n) is 5.96. The fourth-order valence-corrected chi connectivity index (χ4v) is 1.38. The summed E-state index contributed by atoms with van der Waals surface area (Å²) in [6.07, 6.45) is 2.78. The molecule has 0 fully saturated rings. The summed E-state index contributed by atoms with van der Waals surface area (Å²) in [6.45, 7) is 7.53. The molecule has 1 N–H and O–H groups in total. The third-order valence-electron chi connectivity index (χ3n) is 2.32. The van der Waals surface area contributed by atoms with Crippen LogP contribution in [0.5, 0.6) is 0 Å². The lowest BCUT2D eigenvalue weighted by Crippen LogP contribution is -2.29. The van der Waals surface area contributed by atoms with Crippen molar-refractivity contribution in [2.75, 3.05) is 13.2 Å². The zero-order valence-corrected chi connectivity index (χ0v) is 10.8. The molecule has 5 heteroatoms. The lowest BCUT2D eigenvalue weighted by Gasteiger charge is -2.08. The number of hydrogen-bond donors (Lipinski definition) is 1. The van der Waals surface area contributed by atoms with Crippen molar-refractivity contribution in [3.63, 3.8) is 0 Å². The van der Waals surface area contributed by atoms with Gasteiger partial charge in [0.2, 0.25) is 5.91 Å². The molecule has 1 aromatic rings.